The van der Waals surface area contributed by atoms with E-state index in [9.17, 15) is 18.3 Å². The van der Waals surface area contributed by atoms with E-state index < -0.39 is 24.0 Å². The summed E-state index contributed by atoms with van der Waals surface area (Å²) >= 11 is 0. The summed E-state index contributed by atoms with van der Waals surface area (Å²) in [5.74, 6) is -1.65. The van der Waals surface area contributed by atoms with Crippen LogP contribution in [0, 0.1) is 11.7 Å². The molecule has 0 saturated carbocycles. The van der Waals surface area contributed by atoms with E-state index in [0.717, 1.165) is 18.2 Å². The van der Waals surface area contributed by atoms with E-state index >= 15 is 4.39 Å². The number of aromatic nitrogens is 3. The number of nitrogens with one attached hydrogen (secondary N) is 1. The molecule has 3 aliphatic rings. The Kier molecular flexibility index (Phi) is 6.58. The highest BCUT2D eigenvalue weighted by Crippen LogP contribution is 2.39. The van der Waals surface area contributed by atoms with Gasteiger partial charge < -0.3 is 20.1 Å². The molecule has 8 nitrogen and oxygen atoms in total. The van der Waals surface area contributed by atoms with Crippen molar-refractivity contribution in [2.75, 3.05) is 38.2 Å². The quantitative estimate of drug-likeness (QED) is 0.322. The molecule has 12 heteroatoms. The molecule has 7 rings (SSSR count). The number of likely N-dealkylation sites (tertiary alicyclic amines) is 1. The lowest BCUT2D eigenvalue weighted by atomic mass is 10.00. The fourth-order valence-corrected chi connectivity index (χ4v) is 6.66. The zero-order valence-electron chi connectivity index (χ0n) is 22.9. The summed E-state index contributed by atoms with van der Waals surface area (Å²) in [4.78, 5) is 17.3. The van der Waals surface area contributed by atoms with Crippen molar-refractivity contribution >= 4 is 27.5 Å². The predicted octanol–water partition coefficient (Wildman–Crippen LogP) is 4.89. The molecule has 3 aliphatic heterocycles. The Labute approximate surface area is 239 Å². The number of pyridine rings is 1. The predicted molar refractivity (Wildman–Crippen MR) is 150 cm³/mol. The zero-order valence-corrected chi connectivity index (χ0v) is 22.9. The highest BCUT2D eigenvalue weighted by Gasteiger charge is 2.46. The SMILES string of the molecule is CN1C[C@H](C(F)(F)F)C[C@H]1COc1nc(N2C[C@H]3CC[C@@H](C2)N3)c2cnc(-c3cc(O)cc4ccccc34)c(F)c2n1. The lowest BCUT2D eigenvalue weighted by molar-refractivity contribution is -0.170. The number of ether oxygens (including phenoxy) is 1. The van der Waals surface area contributed by atoms with Crippen LogP contribution in [0.5, 0.6) is 11.8 Å². The van der Waals surface area contributed by atoms with Crippen LogP contribution in [-0.4, -0.2) is 82.5 Å². The van der Waals surface area contributed by atoms with Gasteiger partial charge in [-0.2, -0.15) is 23.1 Å². The number of fused-ring (bicyclic) bond motifs is 4. The summed E-state index contributed by atoms with van der Waals surface area (Å²) < 4.78 is 62.4. The van der Waals surface area contributed by atoms with Crippen molar-refractivity contribution in [2.45, 2.75) is 43.6 Å². The third kappa shape index (κ3) is 4.86. The topological polar surface area (TPSA) is 86.6 Å². The van der Waals surface area contributed by atoms with Gasteiger partial charge in [0.1, 0.15) is 29.4 Å². The van der Waals surface area contributed by atoms with Crippen molar-refractivity contribution in [3.8, 4) is 23.0 Å². The minimum absolute atomic E-state index is 0.00579. The molecule has 4 aromatic rings. The Bertz CT molecular complexity index is 1650. The number of nitrogens with zero attached hydrogens (tertiary/aromatic N) is 5. The molecule has 0 unspecified atom stereocenters. The molecule has 0 radical (unpaired) electrons. The van der Waals surface area contributed by atoms with Gasteiger partial charge >= 0.3 is 12.2 Å². The van der Waals surface area contributed by atoms with Gasteiger partial charge in [0.05, 0.1) is 11.3 Å². The second-order valence-electron chi connectivity index (χ2n) is 11.6. The van der Waals surface area contributed by atoms with Gasteiger partial charge in [0, 0.05) is 49.5 Å². The molecule has 42 heavy (non-hydrogen) atoms. The van der Waals surface area contributed by atoms with Crippen molar-refractivity contribution in [1.29, 1.82) is 0 Å². The number of likely N-dealkylation sites (N-methyl/N-ethyl adjacent to an activating group) is 1. The molecular weight excluding hydrogens is 552 g/mol. The molecule has 3 saturated heterocycles. The van der Waals surface area contributed by atoms with E-state index in [4.69, 9.17) is 4.74 Å². The van der Waals surface area contributed by atoms with Crippen LogP contribution in [0.2, 0.25) is 0 Å². The summed E-state index contributed by atoms with van der Waals surface area (Å²) in [6, 6.07) is 10.4. The first-order chi connectivity index (χ1) is 20.1. The first-order valence-electron chi connectivity index (χ1n) is 14.1. The number of phenolic OH excluding ortho intramolecular Hbond substituents is 1. The Morgan fingerprint density at radius 2 is 1.81 bits per heavy atom. The maximum Gasteiger partial charge on any atom is 0.393 e. The molecular formula is C30H30F4N6O2. The van der Waals surface area contributed by atoms with E-state index in [2.05, 4.69) is 25.2 Å². The number of aromatic hydroxyl groups is 1. The molecule has 2 aromatic carbocycles. The Hall–Kier alpha value is -3.77. The van der Waals surface area contributed by atoms with Gasteiger partial charge in [-0.3, -0.25) is 9.88 Å². The third-order valence-corrected chi connectivity index (χ3v) is 8.82. The second-order valence-corrected chi connectivity index (χ2v) is 11.6. The van der Waals surface area contributed by atoms with Crippen LogP contribution >= 0.6 is 0 Å². The monoisotopic (exact) mass is 582 g/mol. The lowest BCUT2D eigenvalue weighted by Crippen LogP contribution is -2.51. The average Bonchev–Trinajstić information content (AvgIpc) is 3.51. The van der Waals surface area contributed by atoms with Crippen molar-refractivity contribution in [3.05, 3.63) is 48.4 Å². The zero-order chi connectivity index (χ0) is 29.2. The van der Waals surface area contributed by atoms with Gasteiger partial charge in [0.25, 0.3) is 0 Å². The van der Waals surface area contributed by atoms with Gasteiger partial charge in [-0.25, -0.2) is 4.39 Å². The number of hydrogen-bond acceptors (Lipinski definition) is 8. The minimum Gasteiger partial charge on any atom is -0.508 e. The van der Waals surface area contributed by atoms with Crippen molar-refractivity contribution < 1.29 is 27.4 Å². The number of alkyl halides is 3. The van der Waals surface area contributed by atoms with Crippen LogP contribution < -0.4 is 15.0 Å². The molecule has 3 fully saturated rings. The molecule has 4 atom stereocenters. The molecule has 0 amide bonds. The van der Waals surface area contributed by atoms with E-state index in [1.54, 1.807) is 24.2 Å². The van der Waals surface area contributed by atoms with Gasteiger partial charge in [-0.1, -0.05) is 24.3 Å². The smallest absolute Gasteiger partial charge is 0.393 e. The van der Waals surface area contributed by atoms with Crippen LogP contribution in [0.3, 0.4) is 0 Å². The van der Waals surface area contributed by atoms with Crippen LogP contribution in [-0.2, 0) is 0 Å². The number of hydrogen-bond donors (Lipinski definition) is 2. The van der Waals surface area contributed by atoms with E-state index in [0.29, 0.717) is 35.2 Å². The number of rotatable bonds is 5. The summed E-state index contributed by atoms with van der Waals surface area (Å²) in [6.45, 7) is 1.17. The molecule has 2 aromatic heterocycles. The van der Waals surface area contributed by atoms with Gasteiger partial charge in [0.2, 0.25) is 0 Å². The van der Waals surface area contributed by atoms with E-state index in [-0.39, 0.29) is 54.6 Å². The standard InChI is InChI=1S/C30H30F4N6O2/c1-39-12-17(30(32,33)34)9-20(39)15-42-29-37-27-24(28(38-29)40-13-18-6-7-19(14-40)36-18)11-35-26(25(27)31)23-10-21(41)8-16-4-2-3-5-22(16)23/h2-5,8,10-11,17-20,36,41H,6-7,9,12-15H2,1H3/t17-,18-,19+,20+/m1/s1. The third-order valence-electron chi connectivity index (χ3n) is 8.82. The van der Waals surface area contributed by atoms with Crippen LogP contribution in [0.25, 0.3) is 32.9 Å². The maximum atomic E-state index is 16.4. The molecule has 2 bridgehead atoms. The highest BCUT2D eigenvalue weighted by molar-refractivity contribution is 5.99. The minimum atomic E-state index is -4.28. The summed E-state index contributed by atoms with van der Waals surface area (Å²) in [5.41, 5.74) is 0.444. The average molecular weight is 583 g/mol. The normalized spacial score (nSPS) is 24.6. The van der Waals surface area contributed by atoms with Crippen molar-refractivity contribution in [3.63, 3.8) is 0 Å². The number of benzene rings is 2. The van der Waals surface area contributed by atoms with Crippen molar-refractivity contribution in [1.82, 2.24) is 25.2 Å². The van der Waals surface area contributed by atoms with Gasteiger partial charge in [-0.05, 0) is 49.2 Å². The summed E-state index contributed by atoms with van der Waals surface area (Å²) in [7, 11) is 1.64. The first-order valence-corrected chi connectivity index (χ1v) is 14.1. The molecule has 0 aliphatic carbocycles. The van der Waals surface area contributed by atoms with Crippen LogP contribution in [0.15, 0.2) is 42.6 Å². The maximum absolute atomic E-state index is 16.4. The Morgan fingerprint density at radius 3 is 2.55 bits per heavy atom. The summed E-state index contributed by atoms with van der Waals surface area (Å²) in [6.07, 6.45) is -0.755. The Balaban J connectivity index is 1.30. The van der Waals surface area contributed by atoms with Crippen molar-refractivity contribution in [2.24, 2.45) is 5.92 Å². The van der Waals surface area contributed by atoms with E-state index in [1.165, 1.54) is 6.07 Å². The van der Waals surface area contributed by atoms with Crippen LogP contribution in [0.4, 0.5) is 23.4 Å². The first kappa shape index (κ1) is 27.1. The van der Waals surface area contributed by atoms with Crippen LogP contribution in [0.1, 0.15) is 19.3 Å². The number of piperazine rings is 1. The highest BCUT2D eigenvalue weighted by atomic mass is 19.4. The number of halogens is 4. The fourth-order valence-electron chi connectivity index (χ4n) is 6.66. The number of anilines is 1. The molecule has 2 N–H and O–H groups in total. The van der Waals surface area contributed by atoms with Gasteiger partial charge in [-0.15, -0.1) is 0 Å². The molecule has 5 heterocycles. The fraction of sp³-hybridized carbons (Fsp3) is 0.433. The lowest BCUT2D eigenvalue weighted by Gasteiger charge is -2.34. The van der Waals surface area contributed by atoms with E-state index in [1.807, 2.05) is 24.3 Å². The summed E-state index contributed by atoms with van der Waals surface area (Å²) in [5, 5.41) is 15.8. The Morgan fingerprint density at radius 1 is 1.05 bits per heavy atom. The largest absolute Gasteiger partial charge is 0.508 e. The second kappa shape index (κ2) is 10.2. The molecule has 0 spiro atoms. The number of phenols is 1. The van der Waals surface area contributed by atoms with Gasteiger partial charge in [0.15, 0.2) is 5.82 Å². The molecule has 220 valence electrons.